The van der Waals surface area contributed by atoms with E-state index in [1.165, 1.54) is 12.0 Å². The van der Waals surface area contributed by atoms with E-state index in [9.17, 15) is 28.4 Å². The first-order valence-electron chi connectivity index (χ1n) is 12.1. The number of fused-ring (bicyclic) bond motifs is 4. The van der Waals surface area contributed by atoms with Gasteiger partial charge in [-0.25, -0.2) is 8.78 Å². The molecule has 1 aromatic carbocycles. The molecular weight excluding hydrogens is 472 g/mol. The van der Waals surface area contributed by atoms with E-state index in [0.717, 1.165) is 0 Å². The molecule has 1 aromatic heterocycles. The van der Waals surface area contributed by atoms with Gasteiger partial charge in [-0.05, 0) is 43.9 Å². The van der Waals surface area contributed by atoms with Crippen molar-refractivity contribution in [2.45, 2.75) is 56.2 Å². The first-order valence-corrected chi connectivity index (χ1v) is 12.1. The van der Waals surface area contributed by atoms with E-state index in [1.807, 2.05) is 6.07 Å². The van der Waals surface area contributed by atoms with Crippen LogP contribution in [0, 0.1) is 23.2 Å². The fourth-order valence-corrected chi connectivity index (χ4v) is 5.91. The van der Waals surface area contributed by atoms with E-state index in [0.29, 0.717) is 36.0 Å². The standard InChI is InChI=1S/C25H27F2N5O4/c1-36-20-4-2-3-18-16(20)10-19(31-18)24(35)32-15-5-6-17(25(26,27)11-15)21(32)23(34)30-14(12-28)9-13-7-8-29-22(13)33/h2-4,10,13-15,17,21,31H,5-9,11H2,1H3,(H,29,33)(H,30,34)/t13-,14-,15+,17+,21-/m1/s1. The van der Waals surface area contributed by atoms with E-state index in [4.69, 9.17) is 4.74 Å². The second-order valence-electron chi connectivity index (χ2n) is 9.77. The highest BCUT2D eigenvalue weighted by Gasteiger charge is 2.60. The highest BCUT2D eigenvalue weighted by molar-refractivity contribution is 6.02. The van der Waals surface area contributed by atoms with Crippen LogP contribution in [-0.2, 0) is 9.59 Å². The zero-order valence-electron chi connectivity index (χ0n) is 19.7. The van der Waals surface area contributed by atoms with E-state index in [2.05, 4.69) is 15.6 Å². The van der Waals surface area contributed by atoms with Gasteiger partial charge in [0.25, 0.3) is 11.8 Å². The van der Waals surface area contributed by atoms with Gasteiger partial charge in [0.05, 0.1) is 19.1 Å². The molecule has 11 heteroatoms. The SMILES string of the molecule is COc1cccc2[nH]c(C(=O)N3[C@H]4CC[C@@H]([C@@H]3C(=O)N[C@@H](C#N)C[C@H]3CCNC3=O)C(F)(F)C4)cc12. The largest absolute Gasteiger partial charge is 0.496 e. The molecule has 1 aliphatic carbocycles. The molecule has 36 heavy (non-hydrogen) atoms. The zero-order valence-corrected chi connectivity index (χ0v) is 19.7. The zero-order chi connectivity index (χ0) is 25.6. The third-order valence-corrected chi connectivity index (χ3v) is 7.67. The molecule has 0 radical (unpaired) electrons. The first-order chi connectivity index (χ1) is 17.2. The quantitative estimate of drug-likeness (QED) is 0.562. The number of aromatic nitrogens is 1. The molecule has 1 saturated carbocycles. The molecule has 2 aromatic rings. The highest BCUT2D eigenvalue weighted by Crippen LogP contribution is 2.49. The lowest BCUT2D eigenvalue weighted by Crippen LogP contribution is -2.68. The Morgan fingerprint density at radius 1 is 1.33 bits per heavy atom. The monoisotopic (exact) mass is 499 g/mol. The average molecular weight is 500 g/mol. The van der Waals surface area contributed by atoms with Gasteiger partial charge in [0, 0.05) is 35.8 Å². The molecule has 3 amide bonds. The minimum Gasteiger partial charge on any atom is -0.496 e. The molecule has 5 atom stereocenters. The topological polar surface area (TPSA) is 127 Å². The number of nitriles is 1. The Labute approximate surface area is 206 Å². The summed E-state index contributed by atoms with van der Waals surface area (Å²) in [4.78, 5) is 43.3. The summed E-state index contributed by atoms with van der Waals surface area (Å²) >= 11 is 0. The predicted octanol–water partition coefficient (Wildman–Crippen LogP) is 2.34. The van der Waals surface area contributed by atoms with Crippen molar-refractivity contribution in [3.63, 3.8) is 0 Å². The second-order valence-corrected chi connectivity index (χ2v) is 9.77. The molecule has 4 fully saturated rings. The Bertz CT molecular complexity index is 1250. The van der Waals surface area contributed by atoms with Gasteiger partial charge in [-0.1, -0.05) is 6.07 Å². The number of rotatable bonds is 6. The molecule has 3 N–H and O–H groups in total. The van der Waals surface area contributed by atoms with Gasteiger partial charge in [0.15, 0.2) is 0 Å². The molecule has 4 heterocycles. The number of hydrogen-bond acceptors (Lipinski definition) is 5. The number of halogens is 2. The average Bonchev–Trinajstić information content (AvgIpc) is 3.48. The number of carbonyl (C=O) groups is 3. The Morgan fingerprint density at radius 2 is 2.14 bits per heavy atom. The lowest BCUT2D eigenvalue weighted by atomic mass is 9.71. The van der Waals surface area contributed by atoms with Crippen molar-refractivity contribution >= 4 is 28.6 Å². The number of nitrogens with zero attached hydrogens (tertiary/aromatic N) is 2. The highest BCUT2D eigenvalue weighted by atomic mass is 19.3. The van der Waals surface area contributed by atoms with Gasteiger partial charge in [-0.2, -0.15) is 5.26 Å². The van der Waals surface area contributed by atoms with Crippen LogP contribution < -0.4 is 15.4 Å². The summed E-state index contributed by atoms with van der Waals surface area (Å²) in [5.74, 6) is -5.90. The summed E-state index contributed by atoms with van der Waals surface area (Å²) < 4.78 is 35.3. The number of benzene rings is 1. The van der Waals surface area contributed by atoms with Gasteiger partial charge in [0.1, 0.15) is 23.5 Å². The smallest absolute Gasteiger partial charge is 0.271 e. The number of carbonyl (C=O) groups excluding carboxylic acids is 3. The van der Waals surface area contributed by atoms with Crippen LogP contribution in [0.15, 0.2) is 24.3 Å². The number of H-pyrrole nitrogens is 1. The van der Waals surface area contributed by atoms with Crippen LogP contribution in [0.25, 0.3) is 10.9 Å². The minimum atomic E-state index is -3.11. The summed E-state index contributed by atoms with van der Waals surface area (Å²) in [6, 6.07) is 5.57. The number of alkyl halides is 2. The van der Waals surface area contributed by atoms with E-state index < -0.39 is 54.1 Å². The van der Waals surface area contributed by atoms with Crippen molar-refractivity contribution in [3.05, 3.63) is 30.0 Å². The summed E-state index contributed by atoms with van der Waals surface area (Å²) in [5, 5.41) is 15.5. The molecule has 2 bridgehead atoms. The lowest BCUT2D eigenvalue weighted by molar-refractivity contribution is -0.179. The molecule has 0 spiro atoms. The molecule has 0 unspecified atom stereocenters. The van der Waals surface area contributed by atoms with Gasteiger partial charge in [-0.15, -0.1) is 0 Å². The van der Waals surface area contributed by atoms with Crippen LogP contribution in [0.1, 0.15) is 42.6 Å². The van der Waals surface area contributed by atoms with Crippen molar-refractivity contribution < 1.29 is 27.9 Å². The van der Waals surface area contributed by atoms with Crippen LogP contribution in [-0.4, -0.2) is 65.3 Å². The maximum Gasteiger partial charge on any atom is 0.271 e. The summed E-state index contributed by atoms with van der Waals surface area (Å²) in [6.07, 6.45) is 0.570. The van der Waals surface area contributed by atoms with Gasteiger partial charge in [0.2, 0.25) is 11.8 Å². The van der Waals surface area contributed by atoms with Crippen molar-refractivity contribution in [2.24, 2.45) is 11.8 Å². The Balaban J connectivity index is 1.43. The Morgan fingerprint density at radius 3 is 2.81 bits per heavy atom. The number of hydrogen-bond donors (Lipinski definition) is 3. The predicted molar refractivity (Wildman–Crippen MR) is 124 cm³/mol. The van der Waals surface area contributed by atoms with Crippen molar-refractivity contribution in [1.29, 1.82) is 5.26 Å². The summed E-state index contributed by atoms with van der Waals surface area (Å²) in [6.45, 7) is 0.492. The number of piperidine rings is 2. The first kappa shape index (κ1) is 24.0. The van der Waals surface area contributed by atoms with Crippen LogP contribution in [0.2, 0.25) is 0 Å². The number of nitrogens with one attached hydrogen (secondary N) is 3. The third-order valence-electron chi connectivity index (χ3n) is 7.67. The number of ether oxygens (including phenoxy) is 1. The fourth-order valence-electron chi connectivity index (χ4n) is 5.91. The molecule has 190 valence electrons. The van der Waals surface area contributed by atoms with E-state index in [-0.39, 0.29) is 24.4 Å². The lowest BCUT2D eigenvalue weighted by Gasteiger charge is -2.53. The van der Waals surface area contributed by atoms with Crippen LogP contribution >= 0.6 is 0 Å². The molecule has 9 nitrogen and oxygen atoms in total. The van der Waals surface area contributed by atoms with Gasteiger partial charge in [-0.3, -0.25) is 14.4 Å². The Hall–Kier alpha value is -3.68. The fraction of sp³-hybridized carbons (Fsp3) is 0.520. The van der Waals surface area contributed by atoms with Crippen molar-refractivity contribution in [1.82, 2.24) is 20.5 Å². The summed E-state index contributed by atoms with van der Waals surface area (Å²) in [5.41, 5.74) is 0.813. The van der Waals surface area contributed by atoms with Crippen LogP contribution in [0.3, 0.4) is 0 Å². The van der Waals surface area contributed by atoms with E-state index in [1.54, 1.807) is 24.3 Å². The summed E-state index contributed by atoms with van der Waals surface area (Å²) in [7, 11) is 1.51. The van der Waals surface area contributed by atoms with Crippen LogP contribution in [0.4, 0.5) is 8.78 Å². The maximum absolute atomic E-state index is 15.0. The minimum absolute atomic E-state index is 0.0844. The third kappa shape index (κ3) is 4.04. The molecule has 4 aliphatic rings. The number of methoxy groups -OCH3 is 1. The second kappa shape index (κ2) is 9.08. The van der Waals surface area contributed by atoms with Gasteiger partial charge >= 0.3 is 0 Å². The Kier molecular flexibility index (Phi) is 6.06. The van der Waals surface area contributed by atoms with Crippen molar-refractivity contribution in [3.8, 4) is 11.8 Å². The normalized spacial score (nSPS) is 27.4. The number of amides is 3. The molecule has 3 aliphatic heterocycles. The molecule has 3 saturated heterocycles. The van der Waals surface area contributed by atoms with Crippen LogP contribution in [0.5, 0.6) is 5.75 Å². The number of aromatic amines is 1. The maximum atomic E-state index is 15.0. The molecule has 6 rings (SSSR count). The van der Waals surface area contributed by atoms with Gasteiger partial charge < -0.3 is 25.3 Å². The van der Waals surface area contributed by atoms with Crippen molar-refractivity contribution in [2.75, 3.05) is 13.7 Å². The molecular formula is C25H27F2N5O4. The van der Waals surface area contributed by atoms with E-state index >= 15 is 0 Å².